The third kappa shape index (κ3) is 7.81. The molecule has 3 N–H and O–H groups in total. The number of allylic oxidation sites excluding steroid dienone is 1. The van der Waals surface area contributed by atoms with Gasteiger partial charge in [0, 0.05) is 43.7 Å². The van der Waals surface area contributed by atoms with E-state index >= 15 is 0 Å². The fourth-order valence-corrected chi connectivity index (χ4v) is 3.46. The molecule has 0 fully saturated rings. The van der Waals surface area contributed by atoms with Crippen molar-refractivity contribution in [3.63, 3.8) is 0 Å². The standard InChI is InChI=1S/C25H28N4O6/c1-2-18-5-7-19(8-6-18)20-15-22(35-24(16-20)34-14-4-3-13-30)25(31)27-12-11-26-23-10-9-21(17-28-23)29(32)33/h1,5-10,15,17,20,24,30H,3-4,11-14,16H2,(H,26,28)(H,27,31)/t20-,24+/m0/s1. The summed E-state index contributed by atoms with van der Waals surface area (Å²) in [7, 11) is 0. The number of aliphatic hydroxyl groups is 1. The van der Waals surface area contributed by atoms with Crippen molar-refractivity contribution in [2.24, 2.45) is 0 Å². The lowest BCUT2D eigenvalue weighted by Crippen LogP contribution is -2.35. The van der Waals surface area contributed by atoms with Gasteiger partial charge in [-0.1, -0.05) is 18.1 Å². The zero-order valence-electron chi connectivity index (χ0n) is 19.2. The Kier molecular flexibility index (Phi) is 9.59. The molecule has 0 saturated heterocycles. The molecule has 0 aliphatic carbocycles. The Morgan fingerprint density at radius 3 is 2.71 bits per heavy atom. The third-order valence-electron chi connectivity index (χ3n) is 5.32. The van der Waals surface area contributed by atoms with E-state index in [1.54, 1.807) is 6.08 Å². The van der Waals surface area contributed by atoms with Crippen LogP contribution in [0.25, 0.3) is 0 Å². The van der Waals surface area contributed by atoms with Crippen molar-refractivity contribution in [1.29, 1.82) is 0 Å². The molecule has 1 aliphatic heterocycles. The van der Waals surface area contributed by atoms with Crippen LogP contribution in [0.4, 0.5) is 11.5 Å². The van der Waals surface area contributed by atoms with Crippen molar-refractivity contribution in [3.05, 3.63) is 75.7 Å². The molecule has 10 heteroatoms. The topological polar surface area (TPSA) is 136 Å². The first-order chi connectivity index (χ1) is 17.0. The number of aromatic nitrogens is 1. The van der Waals surface area contributed by atoms with Crippen molar-refractivity contribution < 1.29 is 24.3 Å². The summed E-state index contributed by atoms with van der Waals surface area (Å²) in [6, 6.07) is 10.4. The zero-order valence-corrected chi connectivity index (χ0v) is 19.2. The predicted octanol–water partition coefficient (Wildman–Crippen LogP) is 2.70. The summed E-state index contributed by atoms with van der Waals surface area (Å²) < 4.78 is 11.6. The minimum atomic E-state index is -0.598. The number of carbonyl (C=O) groups is 1. The lowest BCUT2D eigenvalue weighted by Gasteiger charge is -2.29. The van der Waals surface area contributed by atoms with Gasteiger partial charge in [0.05, 0.1) is 11.5 Å². The van der Waals surface area contributed by atoms with Crippen LogP contribution in [0.2, 0.25) is 0 Å². The van der Waals surface area contributed by atoms with E-state index in [0.29, 0.717) is 38.2 Å². The van der Waals surface area contributed by atoms with E-state index in [4.69, 9.17) is 21.0 Å². The van der Waals surface area contributed by atoms with Gasteiger partial charge in [-0.2, -0.15) is 0 Å². The van der Waals surface area contributed by atoms with E-state index < -0.39 is 11.2 Å². The lowest BCUT2D eigenvalue weighted by atomic mass is 9.92. The number of nitro groups is 1. The van der Waals surface area contributed by atoms with Gasteiger partial charge in [-0.15, -0.1) is 6.42 Å². The van der Waals surface area contributed by atoms with Gasteiger partial charge < -0.3 is 25.2 Å². The second kappa shape index (κ2) is 13.1. The van der Waals surface area contributed by atoms with Crippen LogP contribution in [-0.2, 0) is 14.3 Å². The molecule has 35 heavy (non-hydrogen) atoms. The molecule has 0 unspecified atom stereocenters. The molecule has 0 spiro atoms. The number of amides is 1. The molecule has 3 rings (SSSR count). The van der Waals surface area contributed by atoms with Crippen LogP contribution < -0.4 is 10.6 Å². The maximum Gasteiger partial charge on any atom is 0.287 e. The maximum absolute atomic E-state index is 12.8. The molecule has 184 valence electrons. The highest BCUT2D eigenvalue weighted by molar-refractivity contribution is 5.91. The SMILES string of the molecule is C#Cc1ccc([C@H]2C=C(C(=O)NCCNc3ccc([N+](=O)[O-])cn3)O[C@@H](OCCCCO)C2)cc1. The Bertz CT molecular complexity index is 1060. The number of benzene rings is 1. The number of unbranched alkanes of at least 4 members (excludes halogenated alkanes) is 1. The number of carbonyl (C=O) groups excluding carboxylic acids is 1. The number of anilines is 1. The summed E-state index contributed by atoms with van der Waals surface area (Å²) in [6.45, 7) is 1.15. The number of nitrogens with zero attached hydrogens (tertiary/aromatic N) is 2. The van der Waals surface area contributed by atoms with Crippen molar-refractivity contribution in [1.82, 2.24) is 10.3 Å². The van der Waals surface area contributed by atoms with Gasteiger partial charge in [0.2, 0.25) is 6.29 Å². The minimum absolute atomic E-state index is 0.0933. The average molecular weight is 481 g/mol. The summed E-state index contributed by atoms with van der Waals surface area (Å²) in [5.74, 6) is 2.75. The summed E-state index contributed by atoms with van der Waals surface area (Å²) in [4.78, 5) is 26.9. The molecular formula is C25H28N4O6. The normalized spacial score (nSPS) is 17.0. The van der Waals surface area contributed by atoms with Crippen LogP contribution in [0.1, 0.15) is 36.3 Å². The number of nitrogens with one attached hydrogen (secondary N) is 2. The van der Waals surface area contributed by atoms with Crippen molar-refractivity contribution in [3.8, 4) is 12.3 Å². The Morgan fingerprint density at radius 2 is 2.06 bits per heavy atom. The minimum Gasteiger partial charge on any atom is -0.459 e. The van der Waals surface area contributed by atoms with Gasteiger partial charge >= 0.3 is 0 Å². The van der Waals surface area contributed by atoms with Crippen LogP contribution in [0.5, 0.6) is 0 Å². The van der Waals surface area contributed by atoms with Crippen LogP contribution in [-0.4, -0.2) is 53.5 Å². The number of hydrogen-bond donors (Lipinski definition) is 3. The molecule has 0 radical (unpaired) electrons. The second-order valence-electron chi connectivity index (χ2n) is 7.83. The highest BCUT2D eigenvalue weighted by Gasteiger charge is 2.28. The highest BCUT2D eigenvalue weighted by Crippen LogP contribution is 2.31. The van der Waals surface area contributed by atoms with Gasteiger partial charge in [0.1, 0.15) is 12.0 Å². The van der Waals surface area contributed by atoms with Gasteiger partial charge in [-0.05, 0) is 42.7 Å². The largest absolute Gasteiger partial charge is 0.459 e. The molecule has 2 aromatic rings. The van der Waals surface area contributed by atoms with E-state index in [1.807, 2.05) is 24.3 Å². The smallest absolute Gasteiger partial charge is 0.287 e. The molecule has 10 nitrogen and oxygen atoms in total. The van der Waals surface area contributed by atoms with E-state index in [9.17, 15) is 14.9 Å². The lowest BCUT2D eigenvalue weighted by molar-refractivity contribution is -0.385. The fourth-order valence-electron chi connectivity index (χ4n) is 3.46. The Hall–Kier alpha value is -3.94. The molecule has 1 aliphatic rings. The molecule has 0 saturated carbocycles. The van der Waals surface area contributed by atoms with Crippen LogP contribution in [0, 0.1) is 22.5 Å². The average Bonchev–Trinajstić information content (AvgIpc) is 2.89. The zero-order chi connectivity index (χ0) is 25.0. The quantitative estimate of drug-likeness (QED) is 0.183. The number of aliphatic hydroxyl groups excluding tert-OH is 1. The van der Waals surface area contributed by atoms with E-state index in [-0.39, 0.29) is 36.4 Å². The first-order valence-corrected chi connectivity index (χ1v) is 11.3. The molecule has 1 aromatic carbocycles. The van der Waals surface area contributed by atoms with Crippen LogP contribution in [0.3, 0.4) is 0 Å². The van der Waals surface area contributed by atoms with Crippen LogP contribution >= 0.6 is 0 Å². The summed E-state index contributed by atoms with van der Waals surface area (Å²) >= 11 is 0. The summed E-state index contributed by atoms with van der Waals surface area (Å²) in [5, 5.41) is 25.5. The summed E-state index contributed by atoms with van der Waals surface area (Å²) in [5.41, 5.74) is 1.67. The molecular weight excluding hydrogens is 452 g/mol. The molecule has 0 bridgehead atoms. The van der Waals surface area contributed by atoms with Gasteiger partial charge in [0.15, 0.2) is 5.76 Å². The Morgan fingerprint density at radius 1 is 1.26 bits per heavy atom. The van der Waals surface area contributed by atoms with E-state index in [2.05, 4.69) is 21.5 Å². The highest BCUT2D eigenvalue weighted by atomic mass is 16.7. The first kappa shape index (κ1) is 25.7. The number of pyridine rings is 1. The summed E-state index contributed by atoms with van der Waals surface area (Å²) in [6.07, 6.45) is 9.65. The fraction of sp³-hybridized carbons (Fsp3) is 0.360. The Balaban J connectivity index is 1.58. The predicted molar refractivity (Wildman–Crippen MR) is 129 cm³/mol. The number of hydrogen-bond acceptors (Lipinski definition) is 8. The molecule has 2 heterocycles. The first-order valence-electron chi connectivity index (χ1n) is 11.3. The van der Waals surface area contributed by atoms with E-state index in [0.717, 1.165) is 11.1 Å². The van der Waals surface area contributed by atoms with Crippen molar-refractivity contribution in [2.45, 2.75) is 31.5 Å². The van der Waals surface area contributed by atoms with Gasteiger partial charge in [-0.3, -0.25) is 14.9 Å². The number of terminal acetylenes is 1. The third-order valence-corrected chi connectivity index (χ3v) is 5.32. The molecule has 2 atom stereocenters. The van der Waals surface area contributed by atoms with Crippen molar-refractivity contribution >= 4 is 17.4 Å². The van der Waals surface area contributed by atoms with Crippen LogP contribution in [0.15, 0.2) is 54.4 Å². The Labute approximate surface area is 203 Å². The molecule has 1 amide bonds. The van der Waals surface area contributed by atoms with Crippen molar-refractivity contribution in [2.75, 3.05) is 31.6 Å². The molecule has 1 aromatic heterocycles. The number of rotatable bonds is 12. The monoisotopic (exact) mass is 480 g/mol. The van der Waals surface area contributed by atoms with Gasteiger partial charge in [0.25, 0.3) is 11.6 Å². The van der Waals surface area contributed by atoms with E-state index in [1.165, 1.54) is 18.3 Å². The maximum atomic E-state index is 12.8. The second-order valence-corrected chi connectivity index (χ2v) is 7.83. The van der Waals surface area contributed by atoms with Gasteiger partial charge in [-0.25, -0.2) is 4.98 Å². The number of ether oxygens (including phenoxy) is 2.